The van der Waals surface area contributed by atoms with E-state index in [2.05, 4.69) is 5.10 Å². The minimum atomic E-state index is -0.172. The van der Waals surface area contributed by atoms with Crippen LogP contribution in [-0.4, -0.2) is 21.6 Å². The highest BCUT2D eigenvalue weighted by atomic mass is 16.2. The van der Waals surface area contributed by atoms with Crippen LogP contribution >= 0.6 is 0 Å². The van der Waals surface area contributed by atoms with E-state index in [1.54, 1.807) is 13.2 Å². The summed E-state index contributed by atoms with van der Waals surface area (Å²) >= 11 is 0. The Morgan fingerprint density at radius 2 is 2.00 bits per heavy atom. The number of nitrogens with two attached hydrogens (primary N) is 1. The molecule has 16 heavy (non-hydrogen) atoms. The van der Waals surface area contributed by atoms with Crippen LogP contribution in [0.1, 0.15) is 24.8 Å². The van der Waals surface area contributed by atoms with E-state index in [1.807, 2.05) is 0 Å². The first kappa shape index (κ1) is 10.8. The summed E-state index contributed by atoms with van der Waals surface area (Å²) in [5.41, 5.74) is 6.27. The fourth-order valence-corrected chi connectivity index (χ4v) is 1.90. The van der Waals surface area contributed by atoms with Gasteiger partial charge in [0.15, 0.2) is 0 Å². The number of carbonyl (C=O) groups is 2. The van der Waals surface area contributed by atoms with Gasteiger partial charge >= 0.3 is 0 Å². The number of amides is 2. The van der Waals surface area contributed by atoms with Crippen LogP contribution in [0.25, 0.3) is 0 Å². The zero-order valence-corrected chi connectivity index (χ0v) is 9.14. The lowest BCUT2D eigenvalue weighted by Crippen LogP contribution is -2.41. The normalized spacial score (nSPS) is 17.0. The maximum atomic E-state index is 11.7. The van der Waals surface area contributed by atoms with Crippen molar-refractivity contribution in [1.82, 2.24) is 9.78 Å². The first-order chi connectivity index (χ1) is 7.65. The summed E-state index contributed by atoms with van der Waals surface area (Å²) in [6, 6.07) is 0. The monoisotopic (exact) mass is 222 g/mol. The lowest BCUT2D eigenvalue weighted by molar-refractivity contribution is -0.129. The van der Waals surface area contributed by atoms with Gasteiger partial charge in [-0.05, 0) is 6.42 Å². The van der Waals surface area contributed by atoms with Gasteiger partial charge in [0.2, 0.25) is 11.8 Å². The fourth-order valence-electron chi connectivity index (χ4n) is 1.90. The molecule has 1 aromatic rings. The van der Waals surface area contributed by atoms with Crippen LogP contribution < -0.4 is 10.6 Å². The predicted molar refractivity (Wildman–Crippen MR) is 57.4 cm³/mol. The minimum absolute atomic E-state index is 0.172. The highest BCUT2D eigenvalue weighted by molar-refractivity contribution is 6.16. The maximum absolute atomic E-state index is 11.7. The number of imide groups is 1. The van der Waals surface area contributed by atoms with Gasteiger partial charge in [-0.15, -0.1) is 0 Å². The van der Waals surface area contributed by atoms with Gasteiger partial charge in [-0.3, -0.25) is 14.3 Å². The molecule has 2 rings (SSSR count). The van der Waals surface area contributed by atoms with Crippen molar-refractivity contribution in [2.75, 3.05) is 4.90 Å². The predicted octanol–water partition coefficient (Wildman–Crippen LogP) is -0.0777. The second-order valence-electron chi connectivity index (χ2n) is 3.80. The quantitative estimate of drug-likeness (QED) is 0.710. The Bertz CT molecular complexity index is 422. The van der Waals surface area contributed by atoms with E-state index in [1.165, 1.54) is 9.58 Å². The van der Waals surface area contributed by atoms with Gasteiger partial charge in [-0.2, -0.15) is 5.10 Å². The summed E-state index contributed by atoms with van der Waals surface area (Å²) in [6.45, 7) is 0.264. The second-order valence-corrected chi connectivity index (χ2v) is 3.80. The lowest BCUT2D eigenvalue weighted by atomic mass is 10.1. The molecule has 0 spiro atoms. The second kappa shape index (κ2) is 4.05. The minimum Gasteiger partial charge on any atom is -0.326 e. The third kappa shape index (κ3) is 1.61. The number of aromatic nitrogens is 2. The van der Waals surface area contributed by atoms with Crippen molar-refractivity contribution in [3.05, 3.63) is 11.8 Å². The third-order valence-electron chi connectivity index (χ3n) is 2.69. The van der Waals surface area contributed by atoms with Crippen molar-refractivity contribution in [3.8, 4) is 0 Å². The van der Waals surface area contributed by atoms with Crippen LogP contribution in [0.5, 0.6) is 0 Å². The average molecular weight is 222 g/mol. The number of nitrogens with zero attached hydrogens (tertiary/aromatic N) is 3. The first-order valence-electron chi connectivity index (χ1n) is 5.22. The van der Waals surface area contributed by atoms with E-state index in [-0.39, 0.29) is 18.4 Å². The molecule has 6 heteroatoms. The molecule has 0 saturated carbocycles. The Morgan fingerprint density at radius 3 is 2.56 bits per heavy atom. The zero-order valence-electron chi connectivity index (χ0n) is 9.14. The van der Waals surface area contributed by atoms with E-state index < -0.39 is 0 Å². The Kier molecular flexibility index (Phi) is 2.74. The summed E-state index contributed by atoms with van der Waals surface area (Å²) < 4.78 is 1.52. The highest BCUT2D eigenvalue weighted by Crippen LogP contribution is 2.24. The van der Waals surface area contributed by atoms with Crippen molar-refractivity contribution in [2.45, 2.75) is 25.8 Å². The fraction of sp³-hybridized carbons (Fsp3) is 0.500. The number of rotatable bonds is 2. The summed E-state index contributed by atoms with van der Waals surface area (Å²) in [5.74, 6) is 0.168. The number of carbonyl (C=O) groups excluding carboxylic acids is 2. The van der Waals surface area contributed by atoms with Gasteiger partial charge < -0.3 is 5.73 Å². The topological polar surface area (TPSA) is 81.2 Å². The molecule has 0 atom stereocenters. The molecule has 0 bridgehead atoms. The van der Waals surface area contributed by atoms with Crippen molar-refractivity contribution < 1.29 is 9.59 Å². The van der Waals surface area contributed by atoms with Crippen molar-refractivity contribution in [2.24, 2.45) is 12.8 Å². The first-order valence-corrected chi connectivity index (χ1v) is 5.22. The van der Waals surface area contributed by atoms with E-state index in [9.17, 15) is 9.59 Å². The standard InChI is InChI=1S/C10H14N4O2/c1-13-10(7(5-11)6-12-13)14-8(15)3-2-4-9(14)16/h6H,2-5,11H2,1H3. The number of anilines is 1. The molecule has 0 radical (unpaired) electrons. The van der Waals surface area contributed by atoms with E-state index in [0.717, 1.165) is 0 Å². The van der Waals surface area contributed by atoms with Crippen LogP contribution in [0.2, 0.25) is 0 Å². The summed E-state index contributed by atoms with van der Waals surface area (Å²) in [7, 11) is 1.70. The van der Waals surface area contributed by atoms with Crippen LogP contribution in [-0.2, 0) is 23.2 Å². The van der Waals surface area contributed by atoms with Gasteiger partial charge in [-0.1, -0.05) is 0 Å². The SMILES string of the molecule is Cn1ncc(CN)c1N1C(=O)CCCC1=O. The smallest absolute Gasteiger partial charge is 0.234 e. The maximum Gasteiger partial charge on any atom is 0.234 e. The zero-order chi connectivity index (χ0) is 11.7. The molecule has 0 aliphatic carbocycles. The molecule has 6 nitrogen and oxygen atoms in total. The van der Waals surface area contributed by atoms with E-state index >= 15 is 0 Å². The Morgan fingerprint density at radius 1 is 1.38 bits per heavy atom. The summed E-state index contributed by atoms with van der Waals surface area (Å²) in [4.78, 5) is 24.7. The van der Waals surface area contributed by atoms with Gasteiger partial charge in [-0.25, -0.2) is 4.90 Å². The molecule has 1 aromatic heterocycles. The molecule has 0 unspecified atom stereocenters. The van der Waals surface area contributed by atoms with Crippen LogP contribution in [0.3, 0.4) is 0 Å². The molecular weight excluding hydrogens is 208 g/mol. The molecule has 0 aromatic carbocycles. The van der Waals surface area contributed by atoms with Gasteiger partial charge in [0.05, 0.1) is 6.20 Å². The molecule has 2 amide bonds. The van der Waals surface area contributed by atoms with Gasteiger partial charge in [0, 0.05) is 32.0 Å². The number of aryl methyl sites for hydroxylation is 1. The lowest BCUT2D eigenvalue weighted by Gasteiger charge is -2.25. The summed E-state index contributed by atoms with van der Waals surface area (Å²) in [5, 5.41) is 4.02. The van der Waals surface area contributed by atoms with Crippen LogP contribution in [0.15, 0.2) is 6.20 Å². The van der Waals surface area contributed by atoms with Crippen molar-refractivity contribution in [3.63, 3.8) is 0 Å². The molecule has 2 heterocycles. The number of hydrogen-bond donors (Lipinski definition) is 1. The largest absolute Gasteiger partial charge is 0.326 e. The van der Waals surface area contributed by atoms with Crippen LogP contribution in [0.4, 0.5) is 5.82 Å². The molecule has 1 aliphatic rings. The van der Waals surface area contributed by atoms with E-state index in [0.29, 0.717) is 30.6 Å². The number of hydrogen-bond acceptors (Lipinski definition) is 4. The van der Waals surface area contributed by atoms with Crippen molar-refractivity contribution in [1.29, 1.82) is 0 Å². The Balaban J connectivity index is 2.44. The van der Waals surface area contributed by atoms with Gasteiger partial charge in [0.1, 0.15) is 5.82 Å². The molecule has 1 fully saturated rings. The average Bonchev–Trinajstić information content (AvgIpc) is 2.60. The van der Waals surface area contributed by atoms with Gasteiger partial charge in [0.25, 0.3) is 0 Å². The molecule has 2 N–H and O–H groups in total. The van der Waals surface area contributed by atoms with E-state index in [4.69, 9.17) is 5.73 Å². The number of piperidine rings is 1. The molecule has 1 saturated heterocycles. The third-order valence-corrected chi connectivity index (χ3v) is 2.69. The Labute approximate surface area is 93.0 Å². The highest BCUT2D eigenvalue weighted by Gasteiger charge is 2.31. The molecule has 86 valence electrons. The van der Waals surface area contributed by atoms with Crippen molar-refractivity contribution >= 4 is 17.6 Å². The van der Waals surface area contributed by atoms with Crippen LogP contribution in [0, 0.1) is 0 Å². The molecule has 1 aliphatic heterocycles. The Hall–Kier alpha value is -1.69. The molecular formula is C10H14N4O2. The summed E-state index contributed by atoms with van der Waals surface area (Å²) in [6.07, 6.45) is 3.02.